The molecule has 10 aromatic rings. The predicted molar refractivity (Wildman–Crippen MR) is 276 cm³/mol. The van der Waals surface area contributed by atoms with Crippen LogP contribution in [0.15, 0.2) is 194 Å². The van der Waals surface area contributed by atoms with Crippen LogP contribution in [0, 0.1) is 0 Å². The summed E-state index contributed by atoms with van der Waals surface area (Å²) in [7, 11) is 0. The van der Waals surface area contributed by atoms with Gasteiger partial charge in [0.15, 0.2) is 0 Å². The molecule has 13 rings (SSSR count). The molecule has 0 atom stereocenters. The Balaban J connectivity index is 1.04. The molecule has 0 heteroatoms. The molecule has 65 heavy (non-hydrogen) atoms. The summed E-state index contributed by atoms with van der Waals surface area (Å²) in [6.07, 6.45) is 0. The molecule has 0 fully saturated rings. The van der Waals surface area contributed by atoms with Crippen molar-refractivity contribution < 1.29 is 0 Å². The van der Waals surface area contributed by atoms with Crippen LogP contribution < -0.4 is 0 Å². The lowest BCUT2D eigenvalue weighted by Gasteiger charge is -2.23. The second-order valence-electron chi connectivity index (χ2n) is 20.4. The van der Waals surface area contributed by atoms with Crippen LogP contribution in [0.1, 0.15) is 74.9 Å². The second kappa shape index (κ2) is 13.4. The molecule has 0 saturated carbocycles. The monoisotopic (exact) mass is 830 g/mol. The zero-order chi connectivity index (χ0) is 44.0. The Hall–Kier alpha value is -7.28. The minimum Gasteiger partial charge on any atom is -0.0619 e. The lowest BCUT2D eigenvalue weighted by atomic mass is 9.80. The molecule has 0 amide bonds. The van der Waals surface area contributed by atoms with E-state index in [4.69, 9.17) is 0 Å². The van der Waals surface area contributed by atoms with Crippen molar-refractivity contribution in [2.45, 2.75) is 57.8 Å². The molecule has 10 aromatic carbocycles. The molecule has 3 aliphatic carbocycles. The summed E-state index contributed by atoms with van der Waals surface area (Å²) in [5.41, 5.74) is 26.3. The summed E-state index contributed by atoms with van der Waals surface area (Å²) in [6, 6.07) is 74.1. The summed E-state index contributed by atoms with van der Waals surface area (Å²) in [6.45, 7) is 14.2. The average molecular weight is 831 g/mol. The van der Waals surface area contributed by atoms with Crippen LogP contribution in [0.5, 0.6) is 0 Å². The number of rotatable bonds is 4. The number of benzene rings is 10. The van der Waals surface area contributed by atoms with Gasteiger partial charge in [-0.05, 0) is 163 Å². The molecule has 0 aliphatic heterocycles. The van der Waals surface area contributed by atoms with Crippen molar-refractivity contribution in [3.8, 4) is 77.9 Å². The fraction of sp³-hybridized carbons (Fsp3) is 0.138. The van der Waals surface area contributed by atoms with Crippen molar-refractivity contribution in [3.05, 3.63) is 228 Å². The zero-order valence-electron chi connectivity index (χ0n) is 38.0. The first-order chi connectivity index (χ1) is 31.5. The van der Waals surface area contributed by atoms with Crippen LogP contribution in [-0.2, 0) is 16.2 Å². The standard InChI is InChI=1S/C65H50/c1-63(2)57-25-14-11-20-47(57)53-36-44(29-33-58(53)63)62-51-22-8-7-21-50(51)61(43-17-15-16-39(34-43)41-26-30-48-45-18-9-12-23-55(45)64(3,4)59(48)37-41)52-32-28-40(35-54(52)62)42-27-31-49-46-19-10-13-24-56(46)65(5,6)60(49)38-42/h7-38H,1-6H3. The molecule has 0 aromatic heterocycles. The second-order valence-corrected chi connectivity index (χ2v) is 20.4. The molecule has 0 saturated heterocycles. The van der Waals surface area contributed by atoms with Gasteiger partial charge in [-0.1, -0.05) is 205 Å². The van der Waals surface area contributed by atoms with Gasteiger partial charge in [-0.2, -0.15) is 0 Å². The van der Waals surface area contributed by atoms with Crippen molar-refractivity contribution in [2.75, 3.05) is 0 Å². The molecule has 0 spiro atoms. The van der Waals surface area contributed by atoms with Crippen LogP contribution in [0.3, 0.4) is 0 Å². The van der Waals surface area contributed by atoms with Crippen LogP contribution >= 0.6 is 0 Å². The summed E-state index contributed by atoms with van der Waals surface area (Å²) in [5.74, 6) is 0. The highest BCUT2D eigenvalue weighted by Gasteiger charge is 2.38. The Morgan fingerprint density at radius 3 is 1.17 bits per heavy atom. The highest BCUT2D eigenvalue weighted by Crippen LogP contribution is 2.54. The third-order valence-electron chi connectivity index (χ3n) is 15.9. The van der Waals surface area contributed by atoms with Crippen molar-refractivity contribution in [2.24, 2.45) is 0 Å². The molecule has 0 radical (unpaired) electrons. The maximum atomic E-state index is 2.49. The van der Waals surface area contributed by atoms with Gasteiger partial charge >= 0.3 is 0 Å². The van der Waals surface area contributed by atoms with E-state index in [0.29, 0.717) is 0 Å². The topological polar surface area (TPSA) is 0 Å². The molecule has 0 nitrogen and oxygen atoms in total. The predicted octanol–water partition coefficient (Wildman–Crippen LogP) is 17.6. The van der Waals surface area contributed by atoms with E-state index in [1.807, 2.05) is 0 Å². The maximum absolute atomic E-state index is 2.49. The van der Waals surface area contributed by atoms with E-state index in [2.05, 4.69) is 236 Å². The highest BCUT2D eigenvalue weighted by molar-refractivity contribution is 6.22. The van der Waals surface area contributed by atoms with E-state index in [-0.39, 0.29) is 16.2 Å². The van der Waals surface area contributed by atoms with Crippen LogP contribution in [0.25, 0.3) is 99.4 Å². The van der Waals surface area contributed by atoms with Gasteiger partial charge in [0.25, 0.3) is 0 Å². The lowest BCUT2D eigenvalue weighted by molar-refractivity contribution is 0.660. The Morgan fingerprint density at radius 1 is 0.215 bits per heavy atom. The SMILES string of the molecule is CC1(C)c2ccccc2-c2cc(-c3c4ccccc4c(-c4cccc(-c5ccc6c(c5)C(C)(C)c5ccccc5-6)c4)c4ccc(-c5ccc6c(c5)C(C)(C)c5ccccc5-6)cc34)ccc21. The molecular weight excluding hydrogens is 781 g/mol. The van der Waals surface area contributed by atoms with Gasteiger partial charge in [0.05, 0.1) is 0 Å². The smallest absolute Gasteiger partial charge is 0.0159 e. The molecule has 0 N–H and O–H groups in total. The molecule has 3 aliphatic rings. The third-order valence-corrected chi connectivity index (χ3v) is 15.9. The first-order valence-corrected chi connectivity index (χ1v) is 23.3. The first-order valence-electron chi connectivity index (χ1n) is 23.3. The molecular formula is C65H50. The summed E-state index contributed by atoms with van der Waals surface area (Å²) in [4.78, 5) is 0. The Kier molecular flexibility index (Phi) is 7.86. The van der Waals surface area contributed by atoms with Gasteiger partial charge in [-0.15, -0.1) is 0 Å². The summed E-state index contributed by atoms with van der Waals surface area (Å²) in [5, 5.41) is 5.07. The Bertz CT molecular complexity index is 3680. The Morgan fingerprint density at radius 2 is 0.585 bits per heavy atom. The minimum atomic E-state index is -0.0780. The quantitative estimate of drug-likeness (QED) is 0.155. The van der Waals surface area contributed by atoms with Crippen LogP contribution in [-0.4, -0.2) is 0 Å². The Labute approximate surface area is 382 Å². The molecule has 0 unspecified atom stereocenters. The van der Waals surface area contributed by atoms with Gasteiger partial charge in [0.1, 0.15) is 0 Å². The molecule has 0 heterocycles. The first kappa shape index (κ1) is 38.2. The van der Waals surface area contributed by atoms with Crippen LogP contribution in [0.2, 0.25) is 0 Å². The fourth-order valence-corrected chi connectivity index (χ4v) is 12.5. The minimum absolute atomic E-state index is 0.0593. The summed E-state index contributed by atoms with van der Waals surface area (Å²) >= 11 is 0. The van der Waals surface area contributed by atoms with E-state index >= 15 is 0 Å². The number of hydrogen-bond acceptors (Lipinski definition) is 0. The van der Waals surface area contributed by atoms with E-state index < -0.39 is 0 Å². The maximum Gasteiger partial charge on any atom is 0.0159 e. The third kappa shape index (κ3) is 5.32. The van der Waals surface area contributed by atoms with Crippen molar-refractivity contribution in [1.82, 2.24) is 0 Å². The summed E-state index contributed by atoms with van der Waals surface area (Å²) < 4.78 is 0. The van der Waals surface area contributed by atoms with E-state index in [1.165, 1.54) is 133 Å². The van der Waals surface area contributed by atoms with Crippen molar-refractivity contribution in [1.29, 1.82) is 0 Å². The van der Waals surface area contributed by atoms with Crippen LogP contribution in [0.4, 0.5) is 0 Å². The molecule has 310 valence electrons. The van der Waals surface area contributed by atoms with Crippen molar-refractivity contribution >= 4 is 21.5 Å². The van der Waals surface area contributed by atoms with Gasteiger partial charge in [0.2, 0.25) is 0 Å². The van der Waals surface area contributed by atoms with Gasteiger partial charge in [-0.25, -0.2) is 0 Å². The van der Waals surface area contributed by atoms with E-state index in [1.54, 1.807) is 0 Å². The average Bonchev–Trinajstić information content (AvgIpc) is 3.82. The largest absolute Gasteiger partial charge is 0.0619 e. The van der Waals surface area contributed by atoms with Gasteiger partial charge in [-0.3, -0.25) is 0 Å². The zero-order valence-corrected chi connectivity index (χ0v) is 38.0. The van der Waals surface area contributed by atoms with E-state index in [9.17, 15) is 0 Å². The lowest BCUT2D eigenvalue weighted by Crippen LogP contribution is -2.14. The highest BCUT2D eigenvalue weighted by atomic mass is 14.4. The fourth-order valence-electron chi connectivity index (χ4n) is 12.5. The van der Waals surface area contributed by atoms with Gasteiger partial charge < -0.3 is 0 Å². The van der Waals surface area contributed by atoms with E-state index in [0.717, 1.165) is 0 Å². The number of fused-ring (bicyclic) bond motifs is 11. The van der Waals surface area contributed by atoms with Gasteiger partial charge in [0, 0.05) is 16.2 Å². The molecule has 0 bridgehead atoms. The normalized spacial score (nSPS) is 15.3. The van der Waals surface area contributed by atoms with Crippen molar-refractivity contribution in [3.63, 3.8) is 0 Å². The number of hydrogen-bond donors (Lipinski definition) is 0.